The second-order valence-corrected chi connectivity index (χ2v) is 13.1. The molecule has 2 aliphatic carbocycles. The third-order valence-corrected chi connectivity index (χ3v) is 10.2. The van der Waals surface area contributed by atoms with Gasteiger partial charge < -0.3 is 18.9 Å². The van der Waals surface area contributed by atoms with E-state index in [2.05, 4.69) is 91.5 Å². The molecule has 250 valence electrons. The van der Waals surface area contributed by atoms with Crippen LogP contribution in [-0.4, -0.2) is 63.0 Å². The topological polar surface area (TPSA) is 57.2 Å². The Balaban J connectivity index is 1.02. The van der Waals surface area contributed by atoms with E-state index >= 15 is 0 Å². The normalized spacial score (nSPS) is 15.6. The Labute approximate surface area is 285 Å². The summed E-state index contributed by atoms with van der Waals surface area (Å²) in [6.07, 6.45) is 5.96. The first-order chi connectivity index (χ1) is 23.6. The second kappa shape index (κ2) is 15.0. The highest BCUT2D eigenvalue weighted by Gasteiger charge is 2.25. The van der Waals surface area contributed by atoms with Crippen molar-refractivity contribution in [3.8, 4) is 33.8 Å². The minimum atomic E-state index is -0.184. The van der Waals surface area contributed by atoms with Crippen LogP contribution in [-0.2, 0) is 40.0 Å². The molecule has 0 saturated carbocycles. The molecule has 0 amide bonds. The van der Waals surface area contributed by atoms with Gasteiger partial charge in [-0.1, -0.05) is 86.6 Å². The van der Waals surface area contributed by atoms with Crippen LogP contribution in [0.2, 0.25) is 0 Å². The van der Waals surface area contributed by atoms with E-state index < -0.39 is 0 Å². The van der Waals surface area contributed by atoms with Crippen molar-refractivity contribution >= 4 is 5.97 Å². The van der Waals surface area contributed by atoms with E-state index in [9.17, 15) is 4.79 Å². The predicted molar refractivity (Wildman–Crippen MR) is 190 cm³/mol. The molecule has 0 N–H and O–H groups in total. The van der Waals surface area contributed by atoms with Gasteiger partial charge in [0.1, 0.15) is 31.3 Å². The van der Waals surface area contributed by atoms with Gasteiger partial charge in [0.25, 0.3) is 0 Å². The zero-order valence-electron chi connectivity index (χ0n) is 28.4. The first-order valence-electron chi connectivity index (χ1n) is 17.8. The summed E-state index contributed by atoms with van der Waals surface area (Å²) in [5.74, 6) is 1.85. The van der Waals surface area contributed by atoms with Gasteiger partial charge in [-0.2, -0.15) is 0 Å². The minimum absolute atomic E-state index is 0.0323. The number of hydrogen-bond acceptors (Lipinski definition) is 6. The summed E-state index contributed by atoms with van der Waals surface area (Å²) in [6, 6.07) is 26.2. The lowest BCUT2D eigenvalue weighted by Crippen LogP contribution is -2.35. The third kappa shape index (κ3) is 6.87. The van der Waals surface area contributed by atoms with Gasteiger partial charge in [-0.05, 0) is 70.2 Å². The number of esters is 1. The van der Waals surface area contributed by atoms with Crippen LogP contribution in [0.3, 0.4) is 0 Å². The average molecular weight is 646 g/mol. The van der Waals surface area contributed by atoms with E-state index in [4.69, 9.17) is 18.9 Å². The lowest BCUT2D eigenvalue weighted by molar-refractivity contribution is -0.147. The lowest BCUT2D eigenvalue weighted by Gasteiger charge is -2.24. The lowest BCUT2D eigenvalue weighted by atomic mass is 10.0. The van der Waals surface area contributed by atoms with Crippen molar-refractivity contribution in [3.63, 3.8) is 0 Å². The average Bonchev–Trinajstić information content (AvgIpc) is 3.87. The molecule has 7 rings (SSSR count). The van der Waals surface area contributed by atoms with Crippen LogP contribution < -0.4 is 9.47 Å². The Morgan fingerprint density at radius 1 is 0.729 bits per heavy atom. The first-order valence-corrected chi connectivity index (χ1v) is 17.8. The molecule has 1 aliphatic heterocycles. The molecule has 0 spiro atoms. The molecular formula is C42H47NO5. The molecule has 4 aromatic rings. The maximum Gasteiger partial charge on any atom is 0.307 e. The van der Waals surface area contributed by atoms with E-state index in [0.29, 0.717) is 45.9 Å². The van der Waals surface area contributed by atoms with Gasteiger partial charge in [0.05, 0.1) is 12.5 Å². The molecule has 1 unspecified atom stereocenters. The Kier molecular flexibility index (Phi) is 10.1. The highest BCUT2D eigenvalue weighted by molar-refractivity contribution is 5.81. The maximum absolute atomic E-state index is 12.8. The van der Waals surface area contributed by atoms with Crippen LogP contribution in [0, 0.1) is 0 Å². The summed E-state index contributed by atoms with van der Waals surface area (Å²) >= 11 is 0. The highest BCUT2D eigenvalue weighted by atomic mass is 16.6. The summed E-state index contributed by atoms with van der Waals surface area (Å²) in [6.45, 7) is 8.47. The summed E-state index contributed by atoms with van der Waals surface area (Å²) in [5, 5.41) is 0. The van der Waals surface area contributed by atoms with E-state index in [1.165, 1.54) is 55.6 Å². The van der Waals surface area contributed by atoms with Gasteiger partial charge in [-0.3, -0.25) is 9.69 Å². The van der Waals surface area contributed by atoms with Gasteiger partial charge in [0.15, 0.2) is 0 Å². The van der Waals surface area contributed by atoms with Crippen molar-refractivity contribution in [2.45, 2.75) is 64.9 Å². The number of benzene rings is 4. The molecule has 1 fully saturated rings. The molecular weight excluding hydrogens is 598 g/mol. The van der Waals surface area contributed by atoms with Crippen LogP contribution in [0.5, 0.6) is 11.5 Å². The SMILES string of the molecule is CCc1ccc2c(c1OCCN(CCOc1c(CC)ccc3c1Cc1ccccc1-3)CCC(=O)OCC1CCCO1)Cc1ccccc1-2. The molecule has 48 heavy (non-hydrogen) atoms. The Bertz CT molecular complexity index is 1650. The monoisotopic (exact) mass is 645 g/mol. The number of ether oxygens (including phenoxy) is 4. The molecule has 0 radical (unpaired) electrons. The molecule has 1 saturated heterocycles. The summed E-state index contributed by atoms with van der Waals surface area (Å²) in [5.41, 5.74) is 12.9. The van der Waals surface area contributed by atoms with Gasteiger partial charge >= 0.3 is 5.97 Å². The summed E-state index contributed by atoms with van der Waals surface area (Å²) in [4.78, 5) is 15.0. The van der Waals surface area contributed by atoms with E-state index in [1.807, 2.05) is 0 Å². The molecule has 4 aromatic carbocycles. The molecule has 6 heteroatoms. The van der Waals surface area contributed by atoms with Gasteiger partial charge in [0, 0.05) is 50.2 Å². The second-order valence-electron chi connectivity index (χ2n) is 13.1. The zero-order valence-corrected chi connectivity index (χ0v) is 28.4. The summed E-state index contributed by atoms with van der Waals surface area (Å²) in [7, 11) is 0. The van der Waals surface area contributed by atoms with Gasteiger partial charge in [0.2, 0.25) is 0 Å². The predicted octanol–water partition coefficient (Wildman–Crippen LogP) is 7.83. The van der Waals surface area contributed by atoms with Crippen LogP contribution >= 0.6 is 0 Å². The van der Waals surface area contributed by atoms with Gasteiger partial charge in [-0.15, -0.1) is 0 Å². The number of nitrogens with zero attached hydrogens (tertiary/aromatic N) is 1. The maximum atomic E-state index is 12.8. The van der Waals surface area contributed by atoms with Crippen molar-refractivity contribution in [1.82, 2.24) is 4.90 Å². The number of hydrogen-bond donors (Lipinski definition) is 0. The fourth-order valence-electron chi connectivity index (χ4n) is 7.55. The number of fused-ring (bicyclic) bond motifs is 6. The van der Waals surface area contributed by atoms with Crippen LogP contribution in [0.1, 0.15) is 66.5 Å². The Morgan fingerprint density at radius 2 is 1.29 bits per heavy atom. The van der Waals surface area contributed by atoms with Crippen molar-refractivity contribution in [2.24, 2.45) is 0 Å². The Morgan fingerprint density at radius 3 is 1.81 bits per heavy atom. The molecule has 0 bridgehead atoms. The van der Waals surface area contributed by atoms with Crippen molar-refractivity contribution < 1.29 is 23.7 Å². The minimum Gasteiger partial charge on any atom is -0.492 e. The van der Waals surface area contributed by atoms with Crippen molar-refractivity contribution in [1.29, 1.82) is 0 Å². The van der Waals surface area contributed by atoms with E-state index in [1.54, 1.807) is 0 Å². The highest BCUT2D eigenvalue weighted by Crippen LogP contribution is 2.44. The van der Waals surface area contributed by atoms with Crippen LogP contribution in [0.25, 0.3) is 22.3 Å². The van der Waals surface area contributed by atoms with Crippen molar-refractivity contribution in [2.75, 3.05) is 46.1 Å². The van der Waals surface area contributed by atoms with E-state index in [-0.39, 0.29) is 12.1 Å². The third-order valence-electron chi connectivity index (χ3n) is 10.2. The molecule has 3 aliphatic rings. The van der Waals surface area contributed by atoms with E-state index in [0.717, 1.165) is 56.6 Å². The van der Waals surface area contributed by atoms with Crippen LogP contribution in [0.4, 0.5) is 0 Å². The smallest absolute Gasteiger partial charge is 0.307 e. The molecule has 0 aromatic heterocycles. The Hall–Kier alpha value is -4.13. The molecule has 6 nitrogen and oxygen atoms in total. The largest absolute Gasteiger partial charge is 0.492 e. The molecule has 1 atom stereocenters. The van der Waals surface area contributed by atoms with Gasteiger partial charge in [-0.25, -0.2) is 0 Å². The number of rotatable bonds is 15. The summed E-state index contributed by atoms with van der Waals surface area (Å²) < 4.78 is 24.5. The number of aryl methyl sites for hydroxylation is 2. The standard InChI is InChI=1S/C42H47NO5/c1-3-29-15-17-36-34-13-7-5-10-31(34)26-38(36)41(29)46-24-21-43(20-19-40(44)48-28-33-12-9-23-45-33)22-25-47-42-30(4-2)16-18-37-35-14-8-6-11-32(35)27-39(37)42/h5-8,10-11,13-18,33H,3-4,9,12,19-28H2,1-2H3. The quantitative estimate of drug-likeness (QED) is 0.106. The number of carbonyl (C=O) groups is 1. The number of carbonyl (C=O) groups excluding carboxylic acids is 1. The molecule has 1 heterocycles. The zero-order chi connectivity index (χ0) is 32.9. The fourth-order valence-corrected chi connectivity index (χ4v) is 7.55. The van der Waals surface area contributed by atoms with Crippen molar-refractivity contribution in [3.05, 3.63) is 106 Å². The fraction of sp³-hybridized carbons (Fsp3) is 0.405. The first kappa shape index (κ1) is 32.4. The van der Waals surface area contributed by atoms with Crippen LogP contribution in [0.15, 0.2) is 72.8 Å².